The lowest BCUT2D eigenvalue weighted by Crippen LogP contribution is -2.53. The van der Waals surface area contributed by atoms with E-state index in [1.54, 1.807) is 6.92 Å². The zero-order valence-electron chi connectivity index (χ0n) is 11.8. The molecule has 0 saturated heterocycles. The fourth-order valence-corrected chi connectivity index (χ4v) is 1.88. The largest absolute Gasteiger partial charge is 0.480 e. The number of carbonyl (C=O) groups excluding carboxylic acids is 2. The van der Waals surface area contributed by atoms with Gasteiger partial charge in [0.15, 0.2) is 0 Å². The molecule has 0 aliphatic rings. The lowest BCUT2D eigenvalue weighted by Gasteiger charge is -2.29. The lowest BCUT2D eigenvalue weighted by molar-refractivity contribution is -0.150. The van der Waals surface area contributed by atoms with Crippen LogP contribution in [0.1, 0.15) is 33.6 Å². The van der Waals surface area contributed by atoms with Crippen LogP contribution in [0.25, 0.3) is 0 Å². The summed E-state index contributed by atoms with van der Waals surface area (Å²) in [7, 11) is 1.42. The summed E-state index contributed by atoms with van der Waals surface area (Å²) in [4.78, 5) is 35.3. The van der Waals surface area contributed by atoms with E-state index in [1.807, 2.05) is 13.8 Å². The maximum absolute atomic E-state index is 12.2. The number of carboxylic acids is 1. The van der Waals surface area contributed by atoms with Crippen LogP contribution in [0.5, 0.6) is 0 Å². The maximum Gasteiger partial charge on any atom is 0.326 e. The zero-order valence-corrected chi connectivity index (χ0v) is 11.8. The van der Waals surface area contributed by atoms with E-state index in [9.17, 15) is 14.4 Å². The lowest BCUT2D eigenvalue weighted by atomic mass is 10.0. The first kappa shape index (κ1) is 17.2. The SMILES string of the molecule is CCC(C(=O)O)N(C)C(=O)C(CC(C)C)NC(N)=O. The molecule has 0 saturated carbocycles. The second kappa shape index (κ2) is 7.60. The highest BCUT2D eigenvalue weighted by Crippen LogP contribution is 2.11. The summed E-state index contributed by atoms with van der Waals surface area (Å²) in [5.74, 6) is -1.35. The van der Waals surface area contributed by atoms with Gasteiger partial charge in [-0.25, -0.2) is 9.59 Å². The van der Waals surface area contributed by atoms with Crippen LogP contribution in [0, 0.1) is 5.92 Å². The monoisotopic (exact) mass is 273 g/mol. The number of nitrogens with one attached hydrogen (secondary N) is 1. The van der Waals surface area contributed by atoms with Gasteiger partial charge in [-0.15, -0.1) is 0 Å². The van der Waals surface area contributed by atoms with Gasteiger partial charge in [-0.1, -0.05) is 20.8 Å². The van der Waals surface area contributed by atoms with E-state index >= 15 is 0 Å². The van der Waals surface area contributed by atoms with Gasteiger partial charge in [0.2, 0.25) is 5.91 Å². The van der Waals surface area contributed by atoms with Crippen molar-refractivity contribution in [3.05, 3.63) is 0 Å². The van der Waals surface area contributed by atoms with Crippen LogP contribution in [0.4, 0.5) is 4.79 Å². The predicted molar refractivity (Wildman–Crippen MR) is 70.4 cm³/mol. The quantitative estimate of drug-likeness (QED) is 0.622. The Balaban J connectivity index is 4.95. The van der Waals surface area contributed by atoms with Crippen LogP contribution in [-0.4, -0.2) is 47.0 Å². The van der Waals surface area contributed by atoms with Gasteiger partial charge in [0.1, 0.15) is 12.1 Å². The van der Waals surface area contributed by atoms with Crippen LogP contribution in [-0.2, 0) is 9.59 Å². The first-order valence-corrected chi connectivity index (χ1v) is 6.26. The summed E-state index contributed by atoms with van der Waals surface area (Å²) in [5, 5.41) is 11.4. The molecule has 0 rings (SSSR count). The molecule has 0 aliphatic heterocycles. The van der Waals surface area contributed by atoms with Gasteiger partial charge < -0.3 is 21.1 Å². The second-order valence-corrected chi connectivity index (χ2v) is 4.90. The van der Waals surface area contributed by atoms with Crippen molar-refractivity contribution in [3.63, 3.8) is 0 Å². The van der Waals surface area contributed by atoms with Gasteiger partial charge >= 0.3 is 12.0 Å². The van der Waals surface area contributed by atoms with Crippen molar-refractivity contribution in [2.45, 2.75) is 45.7 Å². The minimum absolute atomic E-state index is 0.166. The number of aliphatic carboxylic acids is 1. The van der Waals surface area contributed by atoms with Crippen molar-refractivity contribution < 1.29 is 19.5 Å². The normalized spacial score (nSPS) is 13.7. The number of likely N-dealkylation sites (N-methyl/N-ethyl adjacent to an activating group) is 1. The molecule has 19 heavy (non-hydrogen) atoms. The third-order valence-electron chi connectivity index (χ3n) is 2.81. The molecule has 0 bridgehead atoms. The first-order valence-electron chi connectivity index (χ1n) is 6.26. The Kier molecular flexibility index (Phi) is 6.89. The van der Waals surface area contributed by atoms with Gasteiger partial charge in [0.25, 0.3) is 0 Å². The van der Waals surface area contributed by atoms with Gasteiger partial charge in [-0.2, -0.15) is 0 Å². The molecule has 2 atom stereocenters. The summed E-state index contributed by atoms with van der Waals surface area (Å²) in [6.45, 7) is 5.48. The molecular weight excluding hydrogens is 250 g/mol. The van der Waals surface area contributed by atoms with E-state index in [0.29, 0.717) is 12.8 Å². The van der Waals surface area contributed by atoms with E-state index in [4.69, 9.17) is 10.8 Å². The molecule has 3 amide bonds. The highest BCUT2D eigenvalue weighted by Gasteiger charge is 2.30. The third-order valence-corrected chi connectivity index (χ3v) is 2.81. The van der Waals surface area contributed by atoms with Crippen LogP contribution >= 0.6 is 0 Å². The van der Waals surface area contributed by atoms with Gasteiger partial charge in [0, 0.05) is 7.05 Å². The van der Waals surface area contributed by atoms with Gasteiger partial charge in [0.05, 0.1) is 0 Å². The number of amides is 3. The second-order valence-electron chi connectivity index (χ2n) is 4.90. The van der Waals surface area contributed by atoms with Crippen LogP contribution < -0.4 is 11.1 Å². The molecular formula is C12H23N3O4. The molecule has 0 spiro atoms. The molecule has 2 unspecified atom stereocenters. The molecule has 0 aliphatic carbocycles. The maximum atomic E-state index is 12.2. The molecule has 0 aromatic heterocycles. The topological polar surface area (TPSA) is 113 Å². The molecule has 0 radical (unpaired) electrons. The summed E-state index contributed by atoms with van der Waals surface area (Å²) in [6, 6.07) is -2.50. The highest BCUT2D eigenvalue weighted by molar-refractivity contribution is 5.89. The van der Waals surface area contributed by atoms with Crippen molar-refractivity contribution in [3.8, 4) is 0 Å². The number of hydrogen-bond acceptors (Lipinski definition) is 3. The predicted octanol–water partition coefficient (Wildman–Crippen LogP) is 0.391. The third kappa shape index (κ3) is 5.58. The average Bonchev–Trinajstić information content (AvgIpc) is 2.26. The van der Waals surface area contributed by atoms with E-state index in [-0.39, 0.29) is 5.92 Å². The van der Waals surface area contributed by atoms with E-state index < -0.39 is 30.0 Å². The van der Waals surface area contributed by atoms with Gasteiger partial charge in [-0.05, 0) is 18.8 Å². The van der Waals surface area contributed by atoms with E-state index in [1.165, 1.54) is 7.05 Å². The van der Waals surface area contributed by atoms with E-state index in [2.05, 4.69) is 5.32 Å². The summed E-state index contributed by atoms with van der Waals surface area (Å²) in [6.07, 6.45) is 0.699. The van der Waals surface area contributed by atoms with Crippen LogP contribution in [0.3, 0.4) is 0 Å². The molecule has 7 heteroatoms. The van der Waals surface area contributed by atoms with Crippen LogP contribution in [0.15, 0.2) is 0 Å². The molecule has 0 aromatic carbocycles. The Morgan fingerprint density at radius 2 is 1.84 bits per heavy atom. The fraction of sp³-hybridized carbons (Fsp3) is 0.750. The Morgan fingerprint density at radius 3 is 2.16 bits per heavy atom. The van der Waals surface area contributed by atoms with Crippen LogP contribution in [0.2, 0.25) is 0 Å². The number of hydrogen-bond donors (Lipinski definition) is 3. The molecule has 0 heterocycles. The molecule has 7 nitrogen and oxygen atoms in total. The Hall–Kier alpha value is -1.79. The van der Waals surface area contributed by atoms with Crippen molar-refractivity contribution in [2.24, 2.45) is 11.7 Å². The Morgan fingerprint density at radius 1 is 1.32 bits per heavy atom. The Labute approximate surface area is 113 Å². The smallest absolute Gasteiger partial charge is 0.326 e. The molecule has 4 N–H and O–H groups in total. The number of nitrogens with two attached hydrogens (primary N) is 1. The minimum atomic E-state index is -1.07. The average molecular weight is 273 g/mol. The van der Waals surface area contributed by atoms with Crippen molar-refractivity contribution >= 4 is 17.9 Å². The highest BCUT2D eigenvalue weighted by atomic mass is 16.4. The summed E-state index contributed by atoms with van der Waals surface area (Å²) < 4.78 is 0. The Bertz CT molecular complexity index is 344. The zero-order chi connectivity index (χ0) is 15.2. The number of primary amides is 1. The van der Waals surface area contributed by atoms with Crippen molar-refractivity contribution in [1.29, 1.82) is 0 Å². The minimum Gasteiger partial charge on any atom is -0.480 e. The number of carbonyl (C=O) groups is 3. The first-order chi connectivity index (χ1) is 8.70. The standard InChI is InChI=1S/C12H23N3O4/c1-5-9(11(17)18)15(4)10(16)8(6-7(2)3)14-12(13)19/h7-9H,5-6H2,1-4H3,(H,17,18)(H3,13,14,19). The number of rotatable bonds is 7. The molecule has 0 aromatic rings. The summed E-state index contributed by atoms with van der Waals surface area (Å²) >= 11 is 0. The summed E-state index contributed by atoms with van der Waals surface area (Å²) in [5.41, 5.74) is 5.04. The number of nitrogens with zero attached hydrogens (tertiary/aromatic N) is 1. The number of carboxylic acid groups (broad SMARTS) is 1. The molecule has 0 fully saturated rings. The fourth-order valence-electron chi connectivity index (χ4n) is 1.88. The molecule has 110 valence electrons. The van der Waals surface area contributed by atoms with Crippen molar-refractivity contribution in [2.75, 3.05) is 7.05 Å². The van der Waals surface area contributed by atoms with Gasteiger partial charge in [-0.3, -0.25) is 4.79 Å². The van der Waals surface area contributed by atoms with Crippen molar-refractivity contribution in [1.82, 2.24) is 10.2 Å². The number of urea groups is 1. The van der Waals surface area contributed by atoms with E-state index in [0.717, 1.165) is 4.90 Å².